The number of rotatable bonds is 15. The summed E-state index contributed by atoms with van der Waals surface area (Å²) >= 11 is 0. The highest BCUT2D eigenvalue weighted by Gasteiger charge is 2.16. The van der Waals surface area contributed by atoms with Gasteiger partial charge in [-0.2, -0.15) is 0 Å². The maximum Gasteiger partial charge on any atom is 0.340 e. The summed E-state index contributed by atoms with van der Waals surface area (Å²) in [5, 5.41) is 5.50. The fraction of sp³-hybridized carbons (Fsp3) is 0.464. The lowest BCUT2D eigenvalue weighted by Crippen LogP contribution is -2.22. The van der Waals surface area contributed by atoms with Gasteiger partial charge in [-0.15, -0.1) is 0 Å². The molecule has 0 unspecified atom stereocenters. The van der Waals surface area contributed by atoms with E-state index in [4.69, 9.17) is 4.74 Å². The minimum Gasteiger partial charge on any atom is -0.452 e. The number of anilines is 2. The zero-order valence-corrected chi connectivity index (χ0v) is 20.5. The molecule has 0 aliphatic heterocycles. The minimum atomic E-state index is -0.655. The van der Waals surface area contributed by atoms with E-state index in [1.165, 1.54) is 38.5 Å². The number of para-hydroxylation sites is 1. The van der Waals surface area contributed by atoms with Gasteiger partial charge in [-0.1, -0.05) is 88.1 Å². The van der Waals surface area contributed by atoms with Crippen LogP contribution in [0.25, 0.3) is 0 Å². The van der Waals surface area contributed by atoms with Gasteiger partial charge in [-0.25, -0.2) is 4.79 Å². The van der Waals surface area contributed by atoms with Crippen LogP contribution in [0, 0.1) is 6.92 Å². The Morgan fingerprint density at radius 1 is 0.735 bits per heavy atom. The SMILES string of the molecule is CCCCCCCCCCCC(=O)Nc1ccccc1C(=O)OCC(=O)Nc1ccc(C)cc1. The van der Waals surface area contributed by atoms with Gasteiger partial charge in [0.1, 0.15) is 0 Å². The molecule has 0 heterocycles. The molecule has 0 aliphatic rings. The molecule has 184 valence electrons. The third kappa shape index (κ3) is 10.6. The Labute approximate surface area is 203 Å². The molecule has 0 bridgehead atoms. The van der Waals surface area contributed by atoms with Crippen molar-refractivity contribution in [2.24, 2.45) is 0 Å². The molecule has 2 aromatic rings. The predicted molar refractivity (Wildman–Crippen MR) is 137 cm³/mol. The lowest BCUT2D eigenvalue weighted by Gasteiger charge is -2.11. The molecule has 0 fully saturated rings. The minimum absolute atomic E-state index is 0.125. The molecular weight excluding hydrogens is 428 g/mol. The summed E-state index contributed by atoms with van der Waals surface area (Å²) in [5.74, 6) is -1.21. The second kappa shape index (κ2) is 15.6. The average molecular weight is 467 g/mol. The van der Waals surface area contributed by atoms with Crippen LogP contribution in [0.1, 0.15) is 87.1 Å². The molecule has 0 aromatic heterocycles. The van der Waals surface area contributed by atoms with Gasteiger partial charge in [0.25, 0.3) is 5.91 Å². The van der Waals surface area contributed by atoms with Crippen molar-refractivity contribution < 1.29 is 19.1 Å². The largest absolute Gasteiger partial charge is 0.452 e. The van der Waals surface area contributed by atoms with Gasteiger partial charge in [0.15, 0.2) is 6.61 Å². The van der Waals surface area contributed by atoms with E-state index in [1.54, 1.807) is 36.4 Å². The van der Waals surface area contributed by atoms with Crippen LogP contribution >= 0.6 is 0 Å². The maximum absolute atomic E-state index is 12.5. The Kier molecular flexibility index (Phi) is 12.5. The van der Waals surface area contributed by atoms with Crippen molar-refractivity contribution in [2.45, 2.75) is 78.1 Å². The molecule has 0 saturated heterocycles. The van der Waals surface area contributed by atoms with E-state index in [0.717, 1.165) is 24.8 Å². The highest BCUT2D eigenvalue weighted by atomic mass is 16.5. The van der Waals surface area contributed by atoms with Gasteiger partial charge in [0, 0.05) is 12.1 Å². The summed E-state index contributed by atoms with van der Waals surface area (Å²) in [6, 6.07) is 14.0. The number of carbonyl (C=O) groups is 3. The number of ether oxygens (including phenoxy) is 1. The Bertz CT molecular complexity index is 909. The van der Waals surface area contributed by atoms with Crippen LogP contribution in [-0.2, 0) is 14.3 Å². The number of hydrogen-bond donors (Lipinski definition) is 2. The van der Waals surface area contributed by atoms with E-state index in [1.807, 2.05) is 19.1 Å². The van der Waals surface area contributed by atoms with Gasteiger partial charge in [-0.05, 0) is 37.6 Å². The highest BCUT2D eigenvalue weighted by Crippen LogP contribution is 2.18. The molecule has 6 heteroatoms. The Morgan fingerprint density at radius 3 is 2.03 bits per heavy atom. The van der Waals surface area contributed by atoms with Gasteiger partial charge in [0.2, 0.25) is 5.91 Å². The first-order valence-corrected chi connectivity index (χ1v) is 12.4. The molecular formula is C28H38N2O4. The number of aryl methyl sites for hydroxylation is 1. The molecule has 2 aromatic carbocycles. The summed E-state index contributed by atoms with van der Waals surface area (Å²) in [5.41, 5.74) is 2.34. The van der Waals surface area contributed by atoms with Crippen LogP contribution in [0.3, 0.4) is 0 Å². The lowest BCUT2D eigenvalue weighted by atomic mass is 10.1. The summed E-state index contributed by atoms with van der Waals surface area (Å²) in [7, 11) is 0. The highest BCUT2D eigenvalue weighted by molar-refractivity contribution is 6.02. The Hall–Kier alpha value is -3.15. The molecule has 0 radical (unpaired) electrons. The van der Waals surface area contributed by atoms with Crippen LogP contribution in [0.5, 0.6) is 0 Å². The number of esters is 1. The van der Waals surface area contributed by atoms with Crippen molar-refractivity contribution in [3.63, 3.8) is 0 Å². The van der Waals surface area contributed by atoms with Crippen molar-refractivity contribution >= 4 is 29.2 Å². The standard InChI is InChI=1S/C28H38N2O4/c1-3-4-5-6-7-8-9-10-11-16-26(31)30-25-15-13-12-14-24(25)28(33)34-21-27(32)29-23-19-17-22(2)18-20-23/h12-15,17-20H,3-11,16,21H2,1-2H3,(H,29,32)(H,30,31). The summed E-state index contributed by atoms with van der Waals surface area (Å²) in [6.45, 7) is 3.77. The van der Waals surface area contributed by atoms with Gasteiger partial charge in [-0.3, -0.25) is 9.59 Å². The third-order valence-electron chi connectivity index (χ3n) is 5.60. The molecule has 0 atom stereocenters. The zero-order chi connectivity index (χ0) is 24.6. The molecule has 0 aliphatic carbocycles. The van der Waals surface area contributed by atoms with Crippen molar-refractivity contribution in [1.29, 1.82) is 0 Å². The number of amides is 2. The number of benzene rings is 2. The maximum atomic E-state index is 12.5. The van der Waals surface area contributed by atoms with E-state index < -0.39 is 18.5 Å². The van der Waals surface area contributed by atoms with Gasteiger partial charge < -0.3 is 15.4 Å². The Morgan fingerprint density at radius 2 is 1.35 bits per heavy atom. The molecule has 0 spiro atoms. The quantitative estimate of drug-likeness (QED) is 0.227. The third-order valence-corrected chi connectivity index (χ3v) is 5.60. The fourth-order valence-electron chi connectivity index (χ4n) is 3.62. The molecule has 2 rings (SSSR count). The monoisotopic (exact) mass is 466 g/mol. The second-order valence-electron chi connectivity index (χ2n) is 8.66. The topological polar surface area (TPSA) is 84.5 Å². The van der Waals surface area contributed by atoms with Crippen LogP contribution in [0.15, 0.2) is 48.5 Å². The number of hydrogen-bond acceptors (Lipinski definition) is 4. The van der Waals surface area contributed by atoms with Crippen LogP contribution in [0.4, 0.5) is 11.4 Å². The molecule has 2 amide bonds. The van der Waals surface area contributed by atoms with E-state index in [0.29, 0.717) is 17.8 Å². The van der Waals surface area contributed by atoms with Crippen molar-refractivity contribution in [2.75, 3.05) is 17.2 Å². The van der Waals surface area contributed by atoms with Crippen LogP contribution in [0.2, 0.25) is 0 Å². The smallest absolute Gasteiger partial charge is 0.340 e. The number of nitrogens with one attached hydrogen (secondary N) is 2. The van der Waals surface area contributed by atoms with E-state index in [-0.39, 0.29) is 11.5 Å². The first-order valence-electron chi connectivity index (χ1n) is 12.4. The molecule has 0 saturated carbocycles. The summed E-state index contributed by atoms with van der Waals surface area (Å²) in [4.78, 5) is 37.0. The van der Waals surface area contributed by atoms with Crippen LogP contribution < -0.4 is 10.6 Å². The second-order valence-corrected chi connectivity index (χ2v) is 8.66. The lowest BCUT2D eigenvalue weighted by molar-refractivity contribution is -0.119. The van der Waals surface area contributed by atoms with Gasteiger partial charge in [0.05, 0.1) is 11.3 Å². The van der Waals surface area contributed by atoms with Gasteiger partial charge >= 0.3 is 5.97 Å². The van der Waals surface area contributed by atoms with Crippen molar-refractivity contribution in [3.8, 4) is 0 Å². The Balaban J connectivity index is 1.72. The molecule has 6 nitrogen and oxygen atoms in total. The first kappa shape index (κ1) is 27.1. The normalized spacial score (nSPS) is 10.5. The molecule has 2 N–H and O–H groups in total. The first-order chi connectivity index (χ1) is 16.5. The predicted octanol–water partition coefficient (Wildman–Crippen LogP) is 6.65. The number of carbonyl (C=O) groups excluding carboxylic acids is 3. The van der Waals surface area contributed by atoms with Crippen molar-refractivity contribution in [1.82, 2.24) is 0 Å². The van der Waals surface area contributed by atoms with E-state index >= 15 is 0 Å². The number of unbranched alkanes of at least 4 members (excludes halogenated alkanes) is 8. The van der Waals surface area contributed by atoms with E-state index in [9.17, 15) is 14.4 Å². The molecule has 34 heavy (non-hydrogen) atoms. The summed E-state index contributed by atoms with van der Waals surface area (Å²) in [6.07, 6.45) is 11.1. The van der Waals surface area contributed by atoms with Crippen LogP contribution in [-0.4, -0.2) is 24.4 Å². The average Bonchev–Trinajstić information content (AvgIpc) is 2.83. The zero-order valence-electron chi connectivity index (χ0n) is 20.5. The van der Waals surface area contributed by atoms with E-state index in [2.05, 4.69) is 17.6 Å². The fourth-order valence-corrected chi connectivity index (χ4v) is 3.62. The van der Waals surface area contributed by atoms with Crippen molar-refractivity contribution in [3.05, 3.63) is 59.7 Å². The summed E-state index contributed by atoms with van der Waals surface area (Å²) < 4.78 is 5.17.